The number of alkyl carbamates (subject to hydrolysis) is 1. The molecule has 0 saturated carbocycles. The van der Waals surface area contributed by atoms with E-state index in [0.29, 0.717) is 63.5 Å². The van der Waals surface area contributed by atoms with Crippen LogP contribution < -0.4 is 14.8 Å². The van der Waals surface area contributed by atoms with Crippen molar-refractivity contribution in [1.29, 1.82) is 0 Å². The predicted molar refractivity (Wildman–Crippen MR) is 342 cm³/mol. The van der Waals surface area contributed by atoms with Gasteiger partial charge in [-0.25, -0.2) is 4.79 Å². The van der Waals surface area contributed by atoms with Gasteiger partial charge in [-0.15, -0.1) is 0 Å². The van der Waals surface area contributed by atoms with E-state index in [2.05, 4.69) is 19.2 Å². The minimum atomic E-state index is -1.14. The second kappa shape index (κ2) is 47.0. The average molecular weight is 1160 g/mol. The van der Waals surface area contributed by atoms with Crippen LogP contribution in [0.25, 0.3) is 0 Å². The van der Waals surface area contributed by atoms with Gasteiger partial charge in [-0.2, -0.15) is 0 Å². The van der Waals surface area contributed by atoms with Crippen molar-refractivity contribution in [3.63, 3.8) is 0 Å². The molecule has 3 aromatic rings. The van der Waals surface area contributed by atoms with Crippen molar-refractivity contribution in [3.8, 4) is 11.5 Å². The van der Waals surface area contributed by atoms with Crippen molar-refractivity contribution in [2.24, 2.45) is 0 Å². The topological polar surface area (TPSA) is 125 Å². The van der Waals surface area contributed by atoms with E-state index >= 15 is 0 Å². The first-order valence-corrected chi connectivity index (χ1v) is 33.9. The van der Waals surface area contributed by atoms with Gasteiger partial charge in [-0.05, 0) is 73.1 Å². The molecule has 3 unspecified atom stereocenters. The Morgan fingerprint density at radius 2 is 0.976 bits per heavy atom. The SMILES string of the molecule is CCCCCCCCCCCCCCCCCCOCC(COC(=O)NCCCCCC(=O)N1CC(O)CC1C(OCc1ccccc1)(c1ccc(OC)cc1)c1ccc(OC)cc1)OCCCCCCCCCCCCCCCCCC. The van der Waals surface area contributed by atoms with Gasteiger partial charge in [0.15, 0.2) is 0 Å². The van der Waals surface area contributed by atoms with Gasteiger partial charge in [-0.1, -0.05) is 267 Å². The highest BCUT2D eigenvalue weighted by atomic mass is 16.6. The fourth-order valence-electron chi connectivity index (χ4n) is 11.9. The van der Waals surface area contributed by atoms with Gasteiger partial charge in [0.2, 0.25) is 5.91 Å². The number of aliphatic hydroxyl groups is 1. The molecule has 1 fully saturated rings. The molecule has 0 radical (unpaired) electrons. The number of carbonyl (C=O) groups excluding carboxylic acids is 2. The van der Waals surface area contributed by atoms with E-state index in [-0.39, 0.29) is 31.8 Å². The fraction of sp³-hybridized carbons (Fsp3) is 0.722. The molecule has 1 aliphatic heterocycles. The van der Waals surface area contributed by atoms with E-state index in [4.69, 9.17) is 28.4 Å². The van der Waals surface area contributed by atoms with Crippen molar-refractivity contribution >= 4 is 12.0 Å². The largest absolute Gasteiger partial charge is 0.497 e. The molecule has 470 valence electrons. The van der Waals surface area contributed by atoms with Crippen LogP contribution in [0, 0.1) is 0 Å². The number of amides is 2. The first kappa shape index (κ1) is 71.3. The van der Waals surface area contributed by atoms with Crippen LogP contribution in [0.2, 0.25) is 0 Å². The lowest BCUT2D eigenvalue weighted by atomic mass is 9.78. The summed E-state index contributed by atoms with van der Waals surface area (Å²) in [5.74, 6) is 1.37. The molecule has 83 heavy (non-hydrogen) atoms. The standard InChI is InChI=1S/C72H118N2O9/c1-5-7-9-11-13-15-17-19-21-23-25-27-29-31-33-41-55-80-60-68(81-56-42-34-32-30-28-26-24-22-20-18-16-14-12-10-8-6-2)61-82-71(77)73-54-40-36-39-45-70(76)74-58-65(75)57-69(74)72(63-46-50-66(78-3)51-47-63,64-48-52-67(79-4)53-49-64)83-59-62-43-37-35-38-44-62/h35,37-38,43-44,46-53,65,68-69,75H,5-34,36,39-42,45,54-61H2,1-4H3,(H,73,77). The van der Waals surface area contributed by atoms with Gasteiger partial charge >= 0.3 is 6.09 Å². The van der Waals surface area contributed by atoms with Crippen LogP contribution in [-0.2, 0) is 35.9 Å². The summed E-state index contributed by atoms with van der Waals surface area (Å²) in [5, 5.41) is 14.3. The quantitative estimate of drug-likeness (QED) is 0.0532. The number of unbranched alkanes of at least 4 members (excludes halogenated alkanes) is 32. The highest BCUT2D eigenvalue weighted by molar-refractivity contribution is 5.77. The van der Waals surface area contributed by atoms with Gasteiger partial charge in [0, 0.05) is 32.7 Å². The zero-order valence-electron chi connectivity index (χ0n) is 53.0. The van der Waals surface area contributed by atoms with Crippen molar-refractivity contribution in [1.82, 2.24) is 10.2 Å². The molecule has 1 saturated heterocycles. The number of ether oxygens (including phenoxy) is 6. The maximum absolute atomic E-state index is 14.4. The Labute approximate surface area is 505 Å². The van der Waals surface area contributed by atoms with Gasteiger partial charge in [0.05, 0.1) is 39.6 Å². The number of hydrogen-bond donors (Lipinski definition) is 2. The fourth-order valence-corrected chi connectivity index (χ4v) is 11.9. The van der Waals surface area contributed by atoms with Crippen molar-refractivity contribution in [3.05, 3.63) is 95.6 Å². The number of nitrogens with zero attached hydrogens (tertiary/aromatic N) is 1. The van der Waals surface area contributed by atoms with Gasteiger partial charge < -0.3 is 43.7 Å². The summed E-state index contributed by atoms with van der Waals surface area (Å²) >= 11 is 0. The normalized spacial score (nSPS) is 14.7. The molecule has 0 aromatic heterocycles. The number of methoxy groups -OCH3 is 2. The lowest BCUT2D eigenvalue weighted by Crippen LogP contribution is -2.52. The predicted octanol–water partition coefficient (Wildman–Crippen LogP) is 18.3. The Kier molecular flexibility index (Phi) is 40.4. The first-order valence-electron chi connectivity index (χ1n) is 33.9. The molecule has 11 heteroatoms. The second-order valence-corrected chi connectivity index (χ2v) is 23.9. The average Bonchev–Trinajstić information content (AvgIpc) is 3.45. The van der Waals surface area contributed by atoms with Crippen molar-refractivity contribution in [2.75, 3.05) is 53.7 Å². The third kappa shape index (κ3) is 30.7. The number of carbonyl (C=O) groups is 2. The summed E-state index contributed by atoms with van der Waals surface area (Å²) < 4.78 is 36.4. The lowest BCUT2D eigenvalue weighted by molar-refractivity contribution is -0.141. The minimum Gasteiger partial charge on any atom is -0.497 e. The van der Waals surface area contributed by atoms with E-state index in [9.17, 15) is 14.7 Å². The van der Waals surface area contributed by atoms with Crippen LogP contribution in [0.15, 0.2) is 78.9 Å². The zero-order chi connectivity index (χ0) is 59.1. The molecule has 0 bridgehead atoms. The number of hydrogen-bond acceptors (Lipinski definition) is 9. The molecule has 1 heterocycles. The summed E-state index contributed by atoms with van der Waals surface area (Å²) in [7, 11) is 3.28. The molecule has 3 aromatic carbocycles. The van der Waals surface area contributed by atoms with Gasteiger partial charge in [-0.3, -0.25) is 4.79 Å². The van der Waals surface area contributed by atoms with E-state index < -0.39 is 23.8 Å². The highest BCUT2D eigenvalue weighted by Crippen LogP contribution is 2.45. The first-order chi connectivity index (χ1) is 40.8. The molecule has 3 atom stereocenters. The van der Waals surface area contributed by atoms with Crippen LogP contribution in [0.1, 0.15) is 268 Å². The Morgan fingerprint density at radius 1 is 0.542 bits per heavy atom. The minimum absolute atomic E-state index is 0.0451. The molecule has 0 spiro atoms. The van der Waals surface area contributed by atoms with E-state index in [1.165, 1.54) is 186 Å². The Balaban J connectivity index is 1.19. The number of nitrogens with one attached hydrogen (secondary N) is 1. The molecular formula is C72H118N2O9. The highest BCUT2D eigenvalue weighted by Gasteiger charge is 2.51. The molecule has 0 aliphatic carbocycles. The van der Waals surface area contributed by atoms with Gasteiger partial charge in [0.1, 0.15) is 29.8 Å². The maximum Gasteiger partial charge on any atom is 0.407 e. The molecule has 1 aliphatic rings. The van der Waals surface area contributed by atoms with Crippen molar-refractivity contribution in [2.45, 2.75) is 282 Å². The smallest absolute Gasteiger partial charge is 0.407 e. The Morgan fingerprint density at radius 3 is 1.43 bits per heavy atom. The number of likely N-dealkylation sites (tertiary alicyclic amines) is 1. The molecular weight excluding hydrogens is 1040 g/mol. The number of rotatable bonds is 53. The number of aliphatic hydroxyl groups excluding tert-OH is 1. The molecule has 2 N–H and O–H groups in total. The Hall–Kier alpha value is -4.16. The summed E-state index contributed by atoms with van der Waals surface area (Å²) in [5.41, 5.74) is 1.55. The van der Waals surface area contributed by atoms with E-state index in [1.807, 2.05) is 83.8 Å². The lowest BCUT2D eigenvalue weighted by Gasteiger charge is -2.44. The van der Waals surface area contributed by atoms with Gasteiger partial charge in [0.25, 0.3) is 0 Å². The van der Waals surface area contributed by atoms with Crippen LogP contribution in [0.3, 0.4) is 0 Å². The summed E-state index contributed by atoms with van der Waals surface area (Å²) in [4.78, 5) is 29.2. The van der Waals surface area contributed by atoms with E-state index in [1.54, 1.807) is 14.2 Å². The third-order valence-electron chi connectivity index (χ3n) is 17.0. The summed E-state index contributed by atoms with van der Waals surface area (Å²) in [6.07, 6.45) is 43.9. The zero-order valence-corrected chi connectivity index (χ0v) is 53.0. The number of β-amino-alcohol motifs (C(OH)–C–C–N with tert-alkyl or cyclic N) is 1. The maximum atomic E-state index is 14.4. The van der Waals surface area contributed by atoms with Crippen LogP contribution in [-0.4, -0.2) is 94.0 Å². The van der Waals surface area contributed by atoms with Crippen LogP contribution >= 0.6 is 0 Å². The van der Waals surface area contributed by atoms with Crippen LogP contribution in [0.5, 0.6) is 11.5 Å². The van der Waals surface area contributed by atoms with Crippen molar-refractivity contribution < 1.29 is 43.1 Å². The molecule has 4 rings (SSSR count). The Bertz CT molecular complexity index is 1950. The summed E-state index contributed by atoms with van der Waals surface area (Å²) in [6, 6.07) is 25.1. The monoisotopic (exact) mass is 1150 g/mol. The van der Waals surface area contributed by atoms with Crippen LogP contribution in [0.4, 0.5) is 4.79 Å². The molecule has 11 nitrogen and oxygen atoms in total. The summed E-state index contributed by atoms with van der Waals surface area (Å²) in [6.45, 7) is 7.38. The van der Waals surface area contributed by atoms with E-state index in [0.717, 1.165) is 42.4 Å². The number of benzene rings is 3. The second-order valence-electron chi connectivity index (χ2n) is 23.9. The third-order valence-corrected chi connectivity index (χ3v) is 17.0. The molecule has 2 amide bonds.